The van der Waals surface area contributed by atoms with E-state index in [-0.39, 0.29) is 30.4 Å². The molecule has 0 aromatic rings. The number of likely N-dealkylation sites (N-methyl/N-ethyl adjacent to an activating group) is 1. The van der Waals surface area contributed by atoms with Gasteiger partial charge in [-0.2, -0.15) is 0 Å². The van der Waals surface area contributed by atoms with Gasteiger partial charge < -0.3 is 48.1 Å². The van der Waals surface area contributed by atoms with Crippen LogP contribution in [0, 0.1) is 17.8 Å². The van der Waals surface area contributed by atoms with Gasteiger partial charge in [-0.25, -0.2) is 0 Å². The lowest BCUT2D eigenvalue weighted by Crippen LogP contribution is -2.61. The standard InChI is InChI=1S/C40H69NO12/c1-16-28-40(12,47-15)33(43)23(6)31-21(4)18-39(11,53-31)35(52-37-30(42)27(17-22(5)48-37)41(13)20(2)3)24(7)32(25(8)36(45)50-28)51-29-19-38(10,46-14)34(44)26(9)49-29/h20,22-30,32,34-35,37,42,44H,16-19H2,1-15H3/t22-,23+,24+,25-,26+,27+,28-,29+,30-,32+,34+,35-,37+,38-,39-,40-/m1/s1. The van der Waals surface area contributed by atoms with Crippen LogP contribution in [0.1, 0.15) is 109 Å². The van der Waals surface area contributed by atoms with Crippen LogP contribution in [0.4, 0.5) is 0 Å². The zero-order chi connectivity index (χ0) is 40.0. The molecule has 0 aromatic carbocycles. The van der Waals surface area contributed by atoms with Crippen LogP contribution in [-0.4, -0.2) is 132 Å². The third-order valence-corrected chi connectivity index (χ3v) is 12.8. The fourth-order valence-electron chi connectivity index (χ4n) is 9.05. The highest BCUT2D eigenvalue weighted by Gasteiger charge is 2.56. The van der Waals surface area contributed by atoms with Gasteiger partial charge in [0.15, 0.2) is 24.0 Å². The first-order valence-electron chi connectivity index (χ1n) is 19.5. The number of fused-ring (bicyclic) bond motifs is 2. The molecule has 306 valence electrons. The maximum Gasteiger partial charge on any atom is 0.311 e. The molecule has 0 spiro atoms. The van der Waals surface area contributed by atoms with Crippen molar-refractivity contribution in [1.29, 1.82) is 0 Å². The Labute approximate surface area is 317 Å². The Balaban J connectivity index is 1.86. The van der Waals surface area contributed by atoms with E-state index in [9.17, 15) is 19.8 Å². The van der Waals surface area contributed by atoms with Crippen molar-refractivity contribution in [3.63, 3.8) is 0 Å². The summed E-state index contributed by atoms with van der Waals surface area (Å²) in [4.78, 5) is 30.8. The monoisotopic (exact) mass is 755 g/mol. The maximum atomic E-state index is 14.4. The fourth-order valence-corrected chi connectivity index (χ4v) is 9.05. The quantitative estimate of drug-likeness (QED) is 0.318. The van der Waals surface area contributed by atoms with Crippen molar-refractivity contribution in [2.24, 2.45) is 17.8 Å². The average molecular weight is 756 g/mol. The molecule has 0 aliphatic carbocycles. The number of carbonyl (C=O) groups is 2. The van der Waals surface area contributed by atoms with Gasteiger partial charge in [0.25, 0.3) is 0 Å². The normalized spacial score (nSPS) is 46.1. The van der Waals surface area contributed by atoms with Gasteiger partial charge in [0, 0.05) is 45.1 Å². The summed E-state index contributed by atoms with van der Waals surface area (Å²) in [7, 11) is 4.97. The molecule has 4 aliphatic heterocycles. The van der Waals surface area contributed by atoms with Crippen molar-refractivity contribution in [1.82, 2.24) is 4.90 Å². The molecule has 2 bridgehead atoms. The minimum atomic E-state index is -1.48. The lowest BCUT2D eigenvalue weighted by molar-refractivity contribution is -0.317. The maximum absolute atomic E-state index is 14.4. The van der Waals surface area contributed by atoms with Crippen molar-refractivity contribution in [3.05, 3.63) is 11.3 Å². The Hall–Kier alpha value is -1.68. The number of allylic oxidation sites excluding steroid dienone is 1. The van der Waals surface area contributed by atoms with Crippen molar-refractivity contribution in [2.45, 2.75) is 193 Å². The second-order valence-corrected chi connectivity index (χ2v) is 17.1. The summed E-state index contributed by atoms with van der Waals surface area (Å²) in [6, 6.07) is -0.0782. The van der Waals surface area contributed by atoms with Crippen molar-refractivity contribution >= 4 is 11.8 Å². The van der Waals surface area contributed by atoms with Gasteiger partial charge in [-0.15, -0.1) is 0 Å². The first-order valence-corrected chi connectivity index (χ1v) is 19.5. The number of esters is 1. The van der Waals surface area contributed by atoms with E-state index in [1.807, 2.05) is 41.7 Å². The summed E-state index contributed by atoms with van der Waals surface area (Å²) < 4.78 is 51.1. The molecule has 16 atom stereocenters. The number of hydrogen-bond donors (Lipinski definition) is 2. The highest BCUT2D eigenvalue weighted by molar-refractivity contribution is 5.92. The number of aliphatic hydroxyl groups excluding tert-OH is 2. The molecule has 4 heterocycles. The third-order valence-electron chi connectivity index (χ3n) is 12.8. The largest absolute Gasteiger partial charge is 0.488 e. The van der Waals surface area contributed by atoms with Gasteiger partial charge in [-0.05, 0) is 94.7 Å². The number of rotatable bonds is 9. The van der Waals surface area contributed by atoms with Crippen molar-refractivity contribution in [3.8, 4) is 0 Å². The zero-order valence-corrected chi connectivity index (χ0v) is 34.8. The molecule has 0 saturated carbocycles. The smallest absolute Gasteiger partial charge is 0.311 e. The summed E-state index contributed by atoms with van der Waals surface area (Å²) in [5.74, 6) is -2.59. The highest BCUT2D eigenvalue weighted by atomic mass is 16.7. The van der Waals surface area contributed by atoms with Crippen molar-refractivity contribution < 1.29 is 57.7 Å². The molecule has 3 fully saturated rings. The van der Waals surface area contributed by atoms with E-state index in [4.69, 9.17) is 37.9 Å². The molecule has 0 amide bonds. The molecule has 3 saturated heterocycles. The molecule has 4 aliphatic rings. The third kappa shape index (κ3) is 8.54. The van der Waals surface area contributed by atoms with Gasteiger partial charge in [0.2, 0.25) is 0 Å². The number of Topliss-reactive ketones (excluding diaryl/α,β-unsaturated/α-hetero) is 1. The van der Waals surface area contributed by atoms with E-state index in [0.717, 1.165) is 5.57 Å². The molecule has 53 heavy (non-hydrogen) atoms. The molecular weight excluding hydrogens is 686 g/mol. The minimum Gasteiger partial charge on any atom is -0.488 e. The molecule has 0 aromatic heterocycles. The zero-order valence-electron chi connectivity index (χ0n) is 34.8. The second kappa shape index (κ2) is 16.8. The first kappa shape index (κ1) is 44.0. The van der Waals surface area contributed by atoms with E-state index in [1.54, 1.807) is 34.6 Å². The predicted molar refractivity (Wildman–Crippen MR) is 197 cm³/mol. The Bertz CT molecular complexity index is 1330. The fraction of sp³-hybridized carbons (Fsp3) is 0.900. The number of carbonyl (C=O) groups excluding carboxylic acids is 2. The molecule has 0 radical (unpaired) electrons. The summed E-state index contributed by atoms with van der Waals surface area (Å²) in [6.45, 7) is 22.5. The van der Waals surface area contributed by atoms with E-state index in [1.165, 1.54) is 14.2 Å². The van der Waals surface area contributed by atoms with E-state index in [0.29, 0.717) is 25.0 Å². The lowest BCUT2D eigenvalue weighted by Gasteiger charge is -2.49. The van der Waals surface area contributed by atoms with E-state index < -0.39 is 89.7 Å². The second-order valence-electron chi connectivity index (χ2n) is 17.1. The van der Waals surface area contributed by atoms with Crippen LogP contribution in [0.2, 0.25) is 0 Å². The highest BCUT2D eigenvalue weighted by Crippen LogP contribution is 2.47. The number of aliphatic hydroxyl groups is 2. The molecule has 4 rings (SSSR count). The summed E-state index contributed by atoms with van der Waals surface area (Å²) in [5, 5.41) is 22.8. The van der Waals surface area contributed by atoms with Gasteiger partial charge in [-0.1, -0.05) is 13.8 Å². The molecule has 13 nitrogen and oxygen atoms in total. The number of ether oxygens (including phenoxy) is 8. The lowest BCUT2D eigenvalue weighted by atomic mass is 9.79. The topological polar surface area (TPSA) is 152 Å². The first-order chi connectivity index (χ1) is 24.6. The molecular formula is C40H69NO12. The van der Waals surface area contributed by atoms with Crippen LogP contribution in [0.5, 0.6) is 0 Å². The number of hydrogen-bond acceptors (Lipinski definition) is 13. The number of cyclic esters (lactones) is 1. The summed E-state index contributed by atoms with van der Waals surface area (Å²) >= 11 is 0. The van der Waals surface area contributed by atoms with Crippen LogP contribution in [0.25, 0.3) is 0 Å². The minimum absolute atomic E-state index is 0.164. The SMILES string of the molecule is CC[C@H]1OC(=O)[C@H](C)[C@@H](O[C@H]2C[C@@](C)(OC)[C@@H](O)[C@H](C)O2)[C@H](C)[C@@H](O[C@@H]2O[C@H](C)C[C@H](N(C)C(C)C)[C@H]2O)[C@@]2(C)CC(C)=C(O2)[C@H](C)C(=O)[C@]1(C)OC. The summed E-state index contributed by atoms with van der Waals surface area (Å²) in [5.41, 5.74) is -2.66. The van der Waals surface area contributed by atoms with E-state index >= 15 is 0 Å². The van der Waals surface area contributed by atoms with Crippen LogP contribution in [0.15, 0.2) is 11.3 Å². The van der Waals surface area contributed by atoms with Crippen LogP contribution < -0.4 is 0 Å². The summed E-state index contributed by atoms with van der Waals surface area (Å²) in [6.07, 6.45) is -5.84. The van der Waals surface area contributed by atoms with E-state index in [2.05, 4.69) is 18.7 Å². The Morgan fingerprint density at radius 2 is 1.62 bits per heavy atom. The molecule has 13 heteroatoms. The van der Waals surface area contributed by atoms with Gasteiger partial charge in [0.05, 0.1) is 35.7 Å². The molecule has 2 N–H and O–H groups in total. The average Bonchev–Trinajstić information content (AvgIpc) is 3.43. The van der Waals surface area contributed by atoms with Gasteiger partial charge in [-0.3, -0.25) is 14.5 Å². The van der Waals surface area contributed by atoms with Gasteiger partial charge in [0.1, 0.15) is 35.8 Å². The number of methoxy groups -OCH3 is 2. The Kier molecular flexibility index (Phi) is 14.0. The van der Waals surface area contributed by atoms with Crippen LogP contribution >= 0.6 is 0 Å². The Morgan fingerprint density at radius 1 is 0.981 bits per heavy atom. The Morgan fingerprint density at radius 3 is 2.19 bits per heavy atom. The predicted octanol–water partition coefficient (Wildman–Crippen LogP) is 4.53. The van der Waals surface area contributed by atoms with Crippen LogP contribution in [0.3, 0.4) is 0 Å². The number of nitrogens with zero attached hydrogens (tertiary/aromatic N) is 1. The number of ketones is 1. The van der Waals surface area contributed by atoms with Crippen molar-refractivity contribution in [2.75, 3.05) is 21.3 Å². The molecule has 0 unspecified atom stereocenters. The van der Waals surface area contributed by atoms with Crippen LogP contribution in [-0.2, 0) is 47.5 Å². The van der Waals surface area contributed by atoms with Gasteiger partial charge >= 0.3 is 5.97 Å².